The number of allylic oxidation sites excluding steroid dienone is 1. The number of hydrogen-bond donors (Lipinski definition) is 0. The normalized spacial score (nSPS) is 12.2. The molecule has 0 aliphatic heterocycles. The monoisotopic (exact) mass is 244 g/mol. The van der Waals surface area contributed by atoms with Gasteiger partial charge in [-0.2, -0.15) is 0 Å². The zero-order valence-corrected chi connectivity index (χ0v) is 11.7. The number of rotatable bonds is 10. The first-order valence-corrected chi connectivity index (χ1v) is 7.75. The van der Waals surface area contributed by atoms with Gasteiger partial charge in [-0.15, -0.1) is 0 Å². The molecule has 16 heavy (non-hydrogen) atoms. The maximum absolute atomic E-state index is 5.70. The van der Waals surface area contributed by atoms with Crippen molar-refractivity contribution in [1.82, 2.24) is 0 Å². The summed E-state index contributed by atoms with van der Waals surface area (Å²) in [5.41, 5.74) is 1.69. The number of hydrogen-bond acceptors (Lipinski definition) is 3. The van der Waals surface area contributed by atoms with Crippen molar-refractivity contribution < 1.29 is 13.3 Å². The average Bonchev–Trinajstić information content (AvgIpc) is 2.29. The van der Waals surface area contributed by atoms with Crippen LogP contribution in [0, 0.1) is 0 Å². The quantitative estimate of drug-likeness (QED) is 0.436. The van der Waals surface area contributed by atoms with Gasteiger partial charge in [0.1, 0.15) is 0 Å². The van der Waals surface area contributed by atoms with E-state index in [2.05, 4.69) is 19.6 Å². The maximum Gasteiger partial charge on any atom is 0.529 e. The first kappa shape index (κ1) is 15.6. The maximum atomic E-state index is 5.70. The fraction of sp³-hybridized carbons (Fsp3) is 0.667. The zero-order valence-electron chi connectivity index (χ0n) is 10.7. The van der Waals surface area contributed by atoms with Crippen LogP contribution in [0.2, 0.25) is 0 Å². The lowest BCUT2D eigenvalue weighted by Gasteiger charge is -2.24. The van der Waals surface area contributed by atoms with Gasteiger partial charge in [-0.3, -0.25) is 0 Å². The standard InChI is InChI=1S/C12H24O3Si/c1-5-9-10-11-12-15-16(8-4,13-6-2)14-7-3/h8,10-11H,4-7,9,12H2,1-3H3. The molecule has 0 bridgehead atoms. The van der Waals surface area contributed by atoms with E-state index >= 15 is 0 Å². The van der Waals surface area contributed by atoms with Crippen LogP contribution < -0.4 is 0 Å². The summed E-state index contributed by atoms with van der Waals surface area (Å²) in [6.07, 6.45) is 6.35. The van der Waals surface area contributed by atoms with Crippen LogP contribution in [-0.4, -0.2) is 28.6 Å². The summed E-state index contributed by atoms with van der Waals surface area (Å²) < 4.78 is 16.8. The molecule has 0 saturated carbocycles. The Morgan fingerprint density at radius 2 is 1.62 bits per heavy atom. The van der Waals surface area contributed by atoms with Gasteiger partial charge in [0, 0.05) is 13.2 Å². The van der Waals surface area contributed by atoms with E-state index in [1.54, 1.807) is 5.70 Å². The molecule has 0 aliphatic rings. The third-order valence-electron chi connectivity index (χ3n) is 1.94. The highest BCUT2D eigenvalue weighted by Crippen LogP contribution is 2.11. The van der Waals surface area contributed by atoms with Gasteiger partial charge in [-0.1, -0.05) is 32.1 Å². The minimum absolute atomic E-state index is 0.526. The molecule has 4 heteroatoms. The molecule has 0 aliphatic carbocycles. The van der Waals surface area contributed by atoms with Crippen LogP contribution >= 0.6 is 0 Å². The van der Waals surface area contributed by atoms with E-state index in [4.69, 9.17) is 13.3 Å². The van der Waals surface area contributed by atoms with Crippen molar-refractivity contribution in [1.29, 1.82) is 0 Å². The van der Waals surface area contributed by atoms with Gasteiger partial charge in [0.15, 0.2) is 0 Å². The fourth-order valence-electron chi connectivity index (χ4n) is 1.22. The van der Waals surface area contributed by atoms with Gasteiger partial charge in [-0.25, -0.2) is 0 Å². The molecule has 0 aromatic carbocycles. The zero-order chi connectivity index (χ0) is 12.3. The summed E-state index contributed by atoms with van der Waals surface area (Å²) in [4.78, 5) is 0. The van der Waals surface area contributed by atoms with Crippen molar-refractivity contribution in [3.05, 3.63) is 24.4 Å². The Kier molecular flexibility index (Phi) is 9.52. The Morgan fingerprint density at radius 1 is 1.00 bits per heavy atom. The van der Waals surface area contributed by atoms with Gasteiger partial charge < -0.3 is 13.3 Å². The van der Waals surface area contributed by atoms with E-state index in [0.29, 0.717) is 19.8 Å². The van der Waals surface area contributed by atoms with Gasteiger partial charge in [0.25, 0.3) is 0 Å². The molecule has 0 heterocycles. The third-order valence-corrected chi connectivity index (χ3v) is 4.39. The van der Waals surface area contributed by atoms with Crippen molar-refractivity contribution in [2.24, 2.45) is 0 Å². The SMILES string of the molecule is C=C[Si](OCC)(OCC)OCC=CCCC. The molecular formula is C12H24O3Si. The molecular weight excluding hydrogens is 220 g/mol. The molecule has 0 aromatic rings. The van der Waals surface area contributed by atoms with Crippen LogP contribution in [-0.2, 0) is 13.3 Å². The Labute approximate surface area is 100 Å². The van der Waals surface area contributed by atoms with Crippen LogP contribution in [0.1, 0.15) is 33.6 Å². The summed E-state index contributed by atoms with van der Waals surface area (Å²) in [6.45, 7) is 11.4. The molecule has 0 spiro atoms. The summed E-state index contributed by atoms with van der Waals surface area (Å²) in [7, 11) is -2.62. The molecule has 0 atom stereocenters. The molecule has 0 amide bonds. The molecule has 0 N–H and O–H groups in total. The largest absolute Gasteiger partial charge is 0.529 e. The predicted octanol–water partition coefficient (Wildman–Crippen LogP) is 3.10. The second-order valence-corrected chi connectivity index (χ2v) is 5.73. The van der Waals surface area contributed by atoms with Crippen LogP contribution in [0.5, 0.6) is 0 Å². The summed E-state index contributed by atoms with van der Waals surface area (Å²) in [5.74, 6) is 0. The number of unbranched alkanes of at least 4 members (excludes halogenated alkanes) is 1. The van der Waals surface area contributed by atoms with E-state index < -0.39 is 8.80 Å². The summed E-state index contributed by atoms with van der Waals surface area (Å²) in [6, 6.07) is 0. The minimum atomic E-state index is -2.62. The molecule has 0 aromatic heterocycles. The first-order chi connectivity index (χ1) is 7.74. The lowest BCUT2D eigenvalue weighted by molar-refractivity contribution is 0.0892. The smallest absolute Gasteiger partial charge is 0.371 e. The lowest BCUT2D eigenvalue weighted by atomic mass is 10.3. The van der Waals surface area contributed by atoms with Crippen molar-refractivity contribution in [2.45, 2.75) is 33.6 Å². The van der Waals surface area contributed by atoms with Crippen LogP contribution in [0.4, 0.5) is 0 Å². The second-order valence-electron chi connectivity index (χ2n) is 3.24. The average molecular weight is 244 g/mol. The molecule has 0 radical (unpaired) electrons. The fourth-order valence-corrected chi connectivity index (χ4v) is 2.96. The van der Waals surface area contributed by atoms with E-state index in [9.17, 15) is 0 Å². The van der Waals surface area contributed by atoms with Crippen LogP contribution in [0.25, 0.3) is 0 Å². The molecule has 3 nitrogen and oxygen atoms in total. The highest BCUT2D eigenvalue weighted by atomic mass is 28.4. The van der Waals surface area contributed by atoms with E-state index in [-0.39, 0.29) is 0 Å². The molecule has 0 unspecified atom stereocenters. The predicted molar refractivity (Wildman–Crippen MR) is 69.2 cm³/mol. The van der Waals surface area contributed by atoms with Crippen molar-refractivity contribution in [3.8, 4) is 0 Å². The van der Waals surface area contributed by atoms with Gasteiger partial charge >= 0.3 is 8.80 Å². The third kappa shape index (κ3) is 6.22. The summed E-state index contributed by atoms with van der Waals surface area (Å²) >= 11 is 0. The Hall–Kier alpha value is -0.423. The van der Waals surface area contributed by atoms with Crippen molar-refractivity contribution >= 4 is 8.80 Å². The van der Waals surface area contributed by atoms with Gasteiger partial charge in [0.05, 0.1) is 6.61 Å². The van der Waals surface area contributed by atoms with Crippen LogP contribution in [0.15, 0.2) is 24.4 Å². The Bertz CT molecular complexity index is 198. The van der Waals surface area contributed by atoms with Gasteiger partial charge in [-0.05, 0) is 26.0 Å². The first-order valence-electron chi connectivity index (χ1n) is 5.95. The molecule has 94 valence electrons. The van der Waals surface area contributed by atoms with E-state index in [1.165, 1.54) is 0 Å². The Morgan fingerprint density at radius 3 is 2.06 bits per heavy atom. The topological polar surface area (TPSA) is 27.7 Å². The van der Waals surface area contributed by atoms with E-state index in [0.717, 1.165) is 12.8 Å². The lowest BCUT2D eigenvalue weighted by Crippen LogP contribution is -2.44. The second kappa shape index (κ2) is 9.78. The van der Waals surface area contributed by atoms with Crippen molar-refractivity contribution in [2.75, 3.05) is 19.8 Å². The minimum Gasteiger partial charge on any atom is -0.371 e. The Balaban J connectivity index is 4.13. The van der Waals surface area contributed by atoms with Gasteiger partial charge in [0.2, 0.25) is 0 Å². The van der Waals surface area contributed by atoms with Crippen LogP contribution in [0.3, 0.4) is 0 Å². The van der Waals surface area contributed by atoms with Crippen molar-refractivity contribution in [3.63, 3.8) is 0 Å². The highest BCUT2D eigenvalue weighted by Gasteiger charge is 2.36. The summed E-state index contributed by atoms with van der Waals surface area (Å²) in [5, 5.41) is 0. The van der Waals surface area contributed by atoms with E-state index in [1.807, 2.05) is 19.9 Å². The highest BCUT2D eigenvalue weighted by molar-refractivity contribution is 6.66. The molecule has 0 fully saturated rings. The molecule has 0 rings (SSSR count). The molecule has 0 saturated heterocycles.